The number of fused-ring (bicyclic) bond motifs is 3. The molecule has 2 aliphatic carbocycles. The summed E-state index contributed by atoms with van der Waals surface area (Å²) in [5.74, 6) is 1.78. The Balaban J connectivity index is 1.71. The first-order valence-electron chi connectivity index (χ1n) is 12.2. The molecule has 0 bridgehead atoms. The van der Waals surface area contributed by atoms with E-state index in [1.54, 1.807) is 7.11 Å². The Hall–Kier alpha value is -1.81. The largest absolute Gasteiger partial charge is 0.468 e. The lowest BCUT2D eigenvalue weighted by atomic mass is 9.45. The average molecular weight is 441 g/mol. The maximum Gasteiger partial charge on any atom is 0.291 e. The van der Waals surface area contributed by atoms with Gasteiger partial charge in [0.15, 0.2) is 5.43 Å². The fourth-order valence-electron chi connectivity index (χ4n) is 7.31. The molecule has 4 rings (SSSR count). The summed E-state index contributed by atoms with van der Waals surface area (Å²) < 4.78 is 18.0. The summed E-state index contributed by atoms with van der Waals surface area (Å²) in [4.78, 5) is 13.2. The van der Waals surface area contributed by atoms with Crippen molar-refractivity contribution in [2.45, 2.75) is 92.3 Å². The SMILES string of the molecule is C=C1CC[C@H]2[C@]3(C)C[C@@H](C=C(C)C)O[C@H]3CC[C@]2(C)[C@@H]1Cc1c(OC)oc(C)c(C)c1=O. The Morgan fingerprint density at radius 1 is 1.22 bits per heavy atom. The van der Waals surface area contributed by atoms with Gasteiger partial charge in [0.2, 0.25) is 0 Å². The van der Waals surface area contributed by atoms with Crippen molar-refractivity contribution >= 4 is 0 Å². The molecule has 176 valence electrons. The summed E-state index contributed by atoms with van der Waals surface area (Å²) >= 11 is 0. The molecule has 0 spiro atoms. The van der Waals surface area contributed by atoms with E-state index in [2.05, 4.69) is 40.3 Å². The quantitative estimate of drug-likeness (QED) is 0.514. The van der Waals surface area contributed by atoms with Gasteiger partial charge in [-0.1, -0.05) is 37.6 Å². The van der Waals surface area contributed by atoms with Crippen LogP contribution in [0.15, 0.2) is 33.0 Å². The fourth-order valence-corrected chi connectivity index (χ4v) is 7.31. The van der Waals surface area contributed by atoms with E-state index in [9.17, 15) is 4.79 Å². The number of rotatable bonds is 4. The van der Waals surface area contributed by atoms with E-state index in [0.29, 0.717) is 41.3 Å². The molecule has 4 nitrogen and oxygen atoms in total. The molecule has 2 saturated carbocycles. The first-order chi connectivity index (χ1) is 15.0. The standard InChI is InChI=1S/C28H40O4/c1-16(2)13-20-15-28(7)23-10-9-17(3)22(27(23,6)12-11-24(28)32-20)14-21-25(29)18(4)19(5)31-26(21)30-8/h13,20,22-24H,3,9-12,14-15H2,1-2,4-8H3/t20-,22-,23-,24+,27-,28+/m1/s1. The minimum Gasteiger partial charge on any atom is -0.468 e. The van der Waals surface area contributed by atoms with E-state index < -0.39 is 0 Å². The molecule has 1 aromatic rings. The lowest BCUT2D eigenvalue weighted by Gasteiger charge is -2.59. The molecule has 6 atom stereocenters. The van der Waals surface area contributed by atoms with Gasteiger partial charge in [-0.15, -0.1) is 0 Å². The first-order valence-corrected chi connectivity index (χ1v) is 12.2. The molecule has 4 heteroatoms. The zero-order valence-electron chi connectivity index (χ0n) is 21.0. The number of hydrogen-bond donors (Lipinski definition) is 0. The molecule has 0 unspecified atom stereocenters. The summed E-state index contributed by atoms with van der Waals surface area (Å²) in [7, 11) is 1.59. The summed E-state index contributed by atoms with van der Waals surface area (Å²) in [6, 6.07) is 0. The van der Waals surface area contributed by atoms with Crippen molar-refractivity contribution in [2.75, 3.05) is 7.11 Å². The van der Waals surface area contributed by atoms with E-state index in [-0.39, 0.29) is 28.3 Å². The number of allylic oxidation sites excluding steroid dienone is 2. The second kappa shape index (κ2) is 8.20. The van der Waals surface area contributed by atoms with Crippen molar-refractivity contribution in [3.05, 3.63) is 50.9 Å². The number of hydrogen-bond acceptors (Lipinski definition) is 4. The summed E-state index contributed by atoms with van der Waals surface area (Å²) in [5, 5.41) is 0. The monoisotopic (exact) mass is 440 g/mol. The van der Waals surface area contributed by atoms with Crippen LogP contribution in [-0.4, -0.2) is 19.3 Å². The maximum absolute atomic E-state index is 13.2. The van der Waals surface area contributed by atoms with Crippen LogP contribution < -0.4 is 10.2 Å². The van der Waals surface area contributed by atoms with E-state index in [1.807, 2.05) is 13.8 Å². The van der Waals surface area contributed by atoms with Crippen LogP contribution >= 0.6 is 0 Å². The Bertz CT molecular complexity index is 997. The van der Waals surface area contributed by atoms with Crippen molar-refractivity contribution in [3.8, 4) is 5.95 Å². The first kappa shape index (κ1) is 23.4. The molecule has 1 saturated heterocycles. The molecule has 0 amide bonds. The van der Waals surface area contributed by atoms with Crippen molar-refractivity contribution in [2.24, 2.45) is 22.7 Å². The molecule has 3 aliphatic rings. The van der Waals surface area contributed by atoms with E-state index in [4.69, 9.17) is 13.9 Å². The minimum absolute atomic E-state index is 0.0526. The van der Waals surface area contributed by atoms with Gasteiger partial charge in [0.25, 0.3) is 5.95 Å². The highest BCUT2D eigenvalue weighted by Gasteiger charge is 2.61. The van der Waals surface area contributed by atoms with Gasteiger partial charge in [-0.25, -0.2) is 0 Å². The number of methoxy groups -OCH3 is 1. The Kier molecular flexibility index (Phi) is 5.98. The Labute approximate surface area is 193 Å². The average Bonchev–Trinajstić information content (AvgIpc) is 3.04. The van der Waals surface area contributed by atoms with Crippen LogP contribution in [0.5, 0.6) is 5.95 Å². The smallest absolute Gasteiger partial charge is 0.291 e. The molecule has 1 aliphatic heterocycles. The third kappa shape index (κ3) is 3.59. The van der Waals surface area contributed by atoms with Crippen LogP contribution in [-0.2, 0) is 11.2 Å². The lowest BCUT2D eigenvalue weighted by molar-refractivity contribution is -0.110. The Morgan fingerprint density at radius 3 is 2.59 bits per heavy atom. The van der Waals surface area contributed by atoms with Crippen LogP contribution in [0.4, 0.5) is 0 Å². The van der Waals surface area contributed by atoms with Crippen LogP contribution in [0.2, 0.25) is 0 Å². The number of ether oxygens (including phenoxy) is 2. The predicted octanol–water partition coefficient (Wildman–Crippen LogP) is 6.32. The Morgan fingerprint density at radius 2 is 1.94 bits per heavy atom. The third-order valence-electron chi connectivity index (χ3n) is 9.04. The molecule has 1 aromatic heterocycles. The summed E-state index contributed by atoms with van der Waals surface area (Å²) in [6.45, 7) is 17.4. The van der Waals surface area contributed by atoms with Gasteiger partial charge in [-0.2, -0.15) is 0 Å². The predicted molar refractivity (Wildman–Crippen MR) is 128 cm³/mol. The molecule has 32 heavy (non-hydrogen) atoms. The topological polar surface area (TPSA) is 48.7 Å². The van der Waals surface area contributed by atoms with Gasteiger partial charge in [-0.3, -0.25) is 4.79 Å². The fraction of sp³-hybridized carbons (Fsp3) is 0.679. The van der Waals surface area contributed by atoms with Gasteiger partial charge < -0.3 is 13.9 Å². The summed E-state index contributed by atoms with van der Waals surface area (Å²) in [5.41, 5.74) is 4.22. The van der Waals surface area contributed by atoms with Gasteiger partial charge in [-0.05, 0) is 88.9 Å². The van der Waals surface area contributed by atoms with Crippen LogP contribution in [0.1, 0.15) is 76.7 Å². The minimum atomic E-state index is 0.0526. The van der Waals surface area contributed by atoms with Crippen LogP contribution in [0.25, 0.3) is 0 Å². The highest BCUT2D eigenvalue weighted by atomic mass is 16.6. The van der Waals surface area contributed by atoms with Crippen molar-refractivity contribution in [1.82, 2.24) is 0 Å². The molecule has 2 heterocycles. The second-order valence-corrected chi connectivity index (χ2v) is 11.3. The maximum atomic E-state index is 13.2. The lowest BCUT2D eigenvalue weighted by Crippen LogP contribution is -2.54. The van der Waals surface area contributed by atoms with Gasteiger partial charge >= 0.3 is 0 Å². The zero-order chi connectivity index (χ0) is 23.4. The van der Waals surface area contributed by atoms with Crippen LogP contribution in [0, 0.1) is 36.5 Å². The third-order valence-corrected chi connectivity index (χ3v) is 9.04. The molecular formula is C28H40O4. The molecule has 0 aromatic carbocycles. The van der Waals surface area contributed by atoms with Crippen molar-refractivity contribution in [3.63, 3.8) is 0 Å². The molecular weight excluding hydrogens is 400 g/mol. The van der Waals surface area contributed by atoms with E-state index in [1.165, 1.54) is 11.1 Å². The van der Waals surface area contributed by atoms with Crippen molar-refractivity contribution < 1.29 is 13.9 Å². The molecule has 3 fully saturated rings. The van der Waals surface area contributed by atoms with E-state index in [0.717, 1.165) is 32.1 Å². The molecule has 0 radical (unpaired) electrons. The van der Waals surface area contributed by atoms with Crippen molar-refractivity contribution in [1.29, 1.82) is 0 Å². The zero-order valence-corrected chi connectivity index (χ0v) is 21.0. The highest BCUT2D eigenvalue weighted by molar-refractivity contribution is 5.33. The highest BCUT2D eigenvalue weighted by Crippen LogP contribution is 2.65. The van der Waals surface area contributed by atoms with E-state index >= 15 is 0 Å². The normalized spacial score (nSPS) is 36.4. The van der Waals surface area contributed by atoms with Gasteiger partial charge in [0.1, 0.15) is 5.76 Å². The van der Waals surface area contributed by atoms with Crippen LogP contribution in [0.3, 0.4) is 0 Å². The second-order valence-electron chi connectivity index (χ2n) is 11.3. The van der Waals surface area contributed by atoms with Gasteiger partial charge in [0, 0.05) is 5.56 Å². The molecule has 0 N–H and O–H groups in total. The summed E-state index contributed by atoms with van der Waals surface area (Å²) in [6.07, 6.45) is 8.88. The van der Waals surface area contributed by atoms with Gasteiger partial charge in [0.05, 0.1) is 24.9 Å². The number of aryl methyl sites for hydroxylation is 1.